The molecule has 0 spiro atoms. The third-order valence-corrected chi connectivity index (χ3v) is 5.85. The van der Waals surface area contributed by atoms with E-state index in [-0.39, 0.29) is 28.6 Å². The number of para-hydroxylation sites is 1. The predicted molar refractivity (Wildman–Crippen MR) is 142 cm³/mol. The normalized spacial score (nSPS) is 11.3. The summed E-state index contributed by atoms with van der Waals surface area (Å²) in [6.07, 6.45) is 1.32. The fraction of sp³-hybridized carbons (Fsp3) is 0.111. The summed E-state index contributed by atoms with van der Waals surface area (Å²) in [5.74, 6) is 0.152. The minimum Gasteiger partial charge on any atom is -0.496 e. The molecule has 0 aliphatic heterocycles. The van der Waals surface area contributed by atoms with Gasteiger partial charge >= 0.3 is 5.97 Å². The van der Waals surface area contributed by atoms with Gasteiger partial charge in [-0.25, -0.2) is 9.78 Å². The van der Waals surface area contributed by atoms with Crippen molar-refractivity contribution in [1.29, 1.82) is 0 Å². The minimum atomic E-state index is -1.18. The number of aliphatic carboxylic acids is 1. The van der Waals surface area contributed by atoms with E-state index >= 15 is 0 Å². The molecule has 5 rings (SSSR count). The SMILES string of the molecule is COc1cc(Cl)cc(C=Nn2c(-c3cc4c(OC)cccc4o3)nc3ccccc3c2=O)c1OCC(=O)O. The molecule has 11 heteroatoms. The number of methoxy groups -OCH3 is 2. The Morgan fingerprint density at radius 3 is 2.63 bits per heavy atom. The zero-order chi connectivity index (χ0) is 26.8. The summed E-state index contributed by atoms with van der Waals surface area (Å²) in [6, 6.07) is 16.9. The van der Waals surface area contributed by atoms with Crippen molar-refractivity contribution in [2.24, 2.45) is 5.10 Å². The zero-order valence-electron chi connectivity index (χ0n) is 20.2. The fourth-order valence-electron chi connectivity index (χ4n) is 3.96. The van der Waals surface area contributed by atoms with Crippen molar-refractivity contribution in [3.05, 3.63) is 81.6 Å². The first-order chi connectivity index (χ1) is 18.4. The number of nitrogens with zero attached hydrogens (tertiary/aromatic N) is 3. The number of aromatic nitrogens is 2. The molecular formula is C27H20ClN3O7. The molecule has 0 saturated carbocycles. The van der Waals surface area contributed by atoms with Crippen LogP contribution in [0.4, 0.5) is 0 Å². The Morgan fingerprint density at radius 1 is 1.08 bits per heavy atom. The van der Waals surface area contributed by atoms with E-state index in [1.54, 1.807) is 55.6 Å². The highest BCUT2D eigenvalue weighted by Gasteiger charge is 2.19. The molecule has 0 unspecified atom stereocenters. The quantitative estimate of drug-likeness (QED) is 0.281. The topological polar surface area (TPSA) is 125 Å². The van der Waals surface area contributed by atoms with Gasteiger partial charge in [0, 0.05) is 16.7 Å². The van der Waals surface area contributed by atoms with Crippen LogP contribution in [-0.4, -0.2) is 47.8 Å². The first-order valence-electron chi connectivity index (χ1n) is 11.2. The number of fused-ring (bicyclic) bond motifs is 2. The Kier molecular flexibility index (Phi) is 6.71. The zero-order valence-corrected chi connectivity index (χ0v) is 20.9. The van der Waals surface area contributed by atoms with Crippen LogP contribution >= 0.6 is 11.6 Å². The maximum Gasteiger partial charge on any atom is 0.341 e. The van der Waals surface area contributed by atoms with Gasteiger partial charge in [0.25, 0.3) is 5.56 Å². The highest BCUT2D eigenvalue weighted by atomic mass is 35.5. The second kappa shape index (κ2) is 10.3. The lowest BCUT2D eigenvalue weighted by molar-refractivity contribution is -0.139. The van der Waals surface area contributed by atoms with Crippen LogP contribution in [0.25, 0.3) is 33.5 Å². The molecule has 0 bridgehead atoms. The average Bonchev–Trinajstić information content (AvgIpc) is 3.36. The molecule has 0 atom stereocenters. The van der Waals surface area contributed by atoms with Gasteiger partial charge < -0.3 is 23.7 Å². The van der Waals surface area contributed by atoms with Gasteiger partial charge in [-0.15, -0.1) is 0 Å². The number of rotatable bonds is 8. The van der Waals surface area contributed by atoms with Gasteiger partial charge in [0.05, 0.1) is 36.7 Å². The molecule has 1 N–H and O–H groups in total. The second-order valence-electron chi connectivity index (χ2n) is 8.01. The van der Waals surface area contributed by atoms with Crippen molar-refractivity contribution in [3.63, 3.8) is 0 Å². The number of furan rings is 1. The van der Waals surface area contributed by atoms with Gasteiger partial charge in [-0.2, -0.15) is 9.78 Å². The van der Waals surface area contributed by atoms with Gasteiger partial charge in [0.1, 0.15) is 11.3 Å². The van der Waals surface area contributed by atoms with Crippen LogP contribution in [-0.2, 0) is 4.79 Å². The number of hydrogen-bond donors (Lipinski definition) is 1. The average molecular weight is 534 g/mol. The van der Waals surface area contributed by atoms with Crippen molar-refractivity contribution in [2.45, 2.75) is 0 Å². The molecule has 38 heavy (non-hydrogen) atoms. The van der Waals surface area contributed by atoms with Crippen molar-refractivity contribution < 1.29 is 28.5 Å². The summed E-state index contributed by atoms with van der Waals surface area (Å²) < 4.78 is 23.3. The lowest BCUT2D eigenvalue weighted by atomic mass is 10.2. The maximum atomic E-state index is 13.6. The second-order valence-corrected chi connectivity index (χ2v) is 8.44. The van der Waals surface area contributed by atoms with E-state index in [9.17, 15) is 9.59 Å². The fourth-order valence-corrected chi connectivity index (χ4v) is 4.17. The molecule has 0 aliphatic rings. The van der Waals surface area contributed by atoms with E-state index in [4.69, 9.17) is 35.3 Å². The molecule has 0 saturated heterocycles. The number of benzene rings is 3. The van der Waals surface area contributed by atoms with Crippen molar-refractivity contribution in [2.75, 3.05) is 20.8 Å². The lowest BCUT2D eigenvalue weighted by Crippen LogP contribution is -2.20. The summed E-state index contributed by atoms with van der Waals surface area (Å²) in [6.45, 7) is -0.623. The van der Waals surface area contributed by atoms with E-state index < -0.39 is 18.1 Å². The largest absolute Gasteiger partial charge is 0.496 e. The Labute approximate surface area is 220 Å². The van der Waals surface area contributed by atoms with E-state index in [0.717, 1.165) is 4.68 Å². The highest BCUT2D eigenvalue weighted by molar-refractivity contribution is 6.31. The van der Waals surface area contributed by atoms with E-state index in [0.29, 0.717) is 32.6 Å². The number of carboxylic acids is 1. The molecule has 5 aromatic rings. The Morgan fingerprint density at radius 2 is 1.87 bits per heavy atom. The van der Waals surface area contributed by atoms with Gasteiger partial charge in [-0.3, -0.25) is 4.79 Å². The number of ether oxygens (including phenoxy) is 3. The minimum absolute atomic E-state index is 0.0971. The molecule has 192 valence electrons. The first-order valence-corrected chi connectivity index (χ1v) is 11.6. The molecule has 0 fully saturated rings. The number of carboxylic acid groups (broad SMARTS) is 1. The first kappa shape index (κ1) is 24.8. The molecule has 2 aromatic heterocycles. The van der Waals surface area contributed by atoms with E-state index in [2.05, 4.69) is 10.1 Å². The van der Waals surface area contributed by atoms with Crippen LogP contribution in [0.3, 0.4) is 0 Å². The summed E-state index contributed by atoms with van der Waals surface area (Å²) in [5.41, 5.74) is 0.839. The standard InChI is InChI=1S/C27H20ClN3O7/c1-35-20-8-5-9-21-18(20)12-23(38-21)26-30-19-7-4-3-6-17(19)27(34)31(26)29-13-15-10-16(28)11-22(36-2)25(15)37-14-24(32)33/h3-13H,14H2,1-2H3,(H,32,33). The van der Waals surface area contributed by atoms with E-state index in [1.165, 1.54) is 25.5 Å². The van der Waals surface area contributed by atoms with Crippen LogP contribution < -0.4 is 19.8 Å². The Balaban J connectivity index is 1.71. The Hall–Kier alpha value is -4.83. The summed E-state index contributed by atoms with van der Waals surface area (Å²) in [5, 5.41) is 14.8. The molecule has 10 nitrogen and oxygen atoms in total. The molecule has 0 aliphatic carbocycles. The van der Waals surface area contributed by atoms with Gasteiger partial charge in [0.2, 0.25) is 5.82 Å². The molecule has 0 radical (unpaired) electrons. The van der Waals surface area contributed by atoms with Gasteiger partial charge in [-0.05, 0) is 36.4 Å². The maximum absolute atomic E-state index is 13.6. The molecule has 2 heterocycles. The molecular weight excluding hydrogens is 514 g/mol. The van der Waals surface area contributed by atoms with Crippen molar-refractivity contribution in [3.8, 4) is 28.8 Å². The molecule has 3 aromatic carbocycles. The Bertz CT molecular complexity index is 1770. The van der Waals surface area contributed by atoms with Crippen LogP contribution in [0.5, 0.6) is 17.2 Å². The lowest BCUT2D eigenvalue weighted by Gasteiger charge is -2.13. The number of halogens is 1. The van der Waals surface area contributed by atoms with Crippen LogP contribution in [0.1, 0.15) is 5.56 Å². The van der Waals surface area contributed by atoms with Gasteiger partial charge in [0.15, 0.2) is 23.9 Å². The monoisotopic (exact) mass is 533 g/mol. The summed E-state index contributed by atoms with van der Waals surface area (Å²) in [7, 11) is 2.95. The smallest absolute Gasteiger partial charge is 0.341 e. The van der Waals surface area contributed by atoms with Crippen LogP contribution in [0.15, 0.2) is 75.0 Å². The van der Waals surface area contributed by atoms with Crippen LogP contribution in [0.2, 0.25) is 5.02 Å². The highest BCUT2D eigenvalue weighted by Crippen LogP contribution is 2.35. The number of hydrogen-bond acceptors (Lipinski definition) is 8. The van der Waals surface area contributed by atoms with Crippen molar-refractivity contribution >= 4 is 45.7 Å². The summed E-state index contributed by atoms with van der Waals surface area (Å²) >= 11 is 6.23. The third-order valence-electron chi connectivity index (χ3n) is 5.64. The molecule has 0 amide bonds. The van der Waals surface area contributed by atoms with Gasteiger partial charge in [-0.1, -0.05) is 29.8 Å². The van der Waals surface area contributed by atoms with Crippen molar-refractivity contribution in [1.82, 2.24) is 9.66 Å². The third kappa shape index (κ3) is 4.64. The van der Waals surface area contributed by atoms with Crippen LogP contribution in [0, 0.1) is 0 Å². The number of carbonyl (C=O) groups is 1. The predicted octanol–water partition coefficient (Wildman–Crippen LogP) is 4.83. The van der Waals surface area contributed by atoms with E-state index in [1.807, 2.05) is 0 Å². The summed E-state index contributed by atoms with van der Waals surface area (Å²) in [4.78, 5) is 29.3.